The Balaban J connectivity index is 3.29. The van der Waals surface area contributed by atoms with Gasteiger partial charge in [0.25, 0.3) is 0 Å². The molecule has 0 aromatic carbocycles. The summed E-state index contributed by atoms with van der Waals surface area (Å²) in [6.45, 7) is 7.72. The first-order valence-electron chi connectivity index (χ1n) is 4.43. The molecular weight excluding hydrogens is 181 g/mol. The summed E-state index contributed by atoms with van der Waals surface area (Å²) in [5, 5.41) is 0. The SMILES string of the molecule is CC(C)c1cccnc1P(C)(C)=O. The van der Waals surface area contributed by atoms with Crippen LogP contribution >= 0.6 is 7.14 Å². The third-order valence-electron chi connectivity index (χ3n) is 1.95. The lowest BCUT2D eigenvalue weighted by molar-refractivity contribution is 0.587. The van der Waals surface area contributed by atoms with Crippen LogP contribution in [0, 0.1) is 0 Å². The highest BCUT2D eigenvalue weighted by atomic mass is 31.2. The van der Waals surface area contributed by atoms with Gasteiger partial charge >= 0.3 is 0 Å². The van der Waals surface area contributed by atoms with Gasteiger partial charge in [-0.05, 0) is 30.9 Å². The van der Waals surface area contributed by atoms with Crippen LogP contribution in [-0.2, 0) is 4.57 Å². The summed E-state index contributed by atoms with van der Waals surface area (Å²) in [6.07, 6.45) is 1.71. The summed E-state index contributed by atoms with van der Waals surface area (Å²) in [6, 6.07) is 3.90. The standard InChI is InChI=1S/C10H16NOP/c1-8(2)9-6-5-7-11-10(9)13(3,4)12/h5-8H,1-4H3. The zero-order chi connectivity index (χ0) is 10.1. The van der Waals surface area contributed by atoms with Crippen LogP contribution in [0.2, 0.25) is 0 Å². The minimum Gasteiger partial charge on any atom is -0.318 e. The second kappa shape index (κ2) is 3.63. The molecule has 1 rings (SSSR count). The van der Waals surface area contributed by atoms with Gasteiger partial charge in [-0.25, -0.2) is 0 Å². The summed E-state index contributed by atoms with van der Waals surface area (Å²) in [5.41, 5.74) is 1.89. The molecule has 0 saturated carbocycles. The normalized spacial score (nSPS) is 12.1. The predicted octanol–water partition coefficient (Wildman–Crippen LogP) is 2.45. The van der Waals surface area contributed by atoms with Crippen LogP contribution in [0.1, 0.15) is 25.3 Å². The molecule has 1 aromatic rings. The van der Waals surface area contributed by atoms with Crippen molar-refractivity contribution in [1.82, 2.24) is 4.98 Å². The lowest BCUT2D eigenvalue weighted by atomic mass is 10.1. The van der Waals surface area contributed by atoms with Crippen molar-refractivity contribution in [2.75, 3.05) is 13.3 Å². The van der Waals surface area contributed by atoms with Crippen LogP contribution in [0.15, 0.2) is 18.3 Å². The van der Waals surface area contributed by atoms with Gasteiger partial charge in [0.2, 0.25) is 0 Å². The average molecular weight is 197 g/mol. The van der Waals surface area contributed by atoms with Crippen LogP contribution in [0.25, 0.3) is 0 Å². The van der Waals surface area contributed by atoms with Crippen LogP contribution in [0.3, 0.4) is 0 Å². The number of rotatable bonds is 2. The van der Waals surface area contributed by atoms with E-state index in [1.165, 1.54) is 0 Å². The maximum Gasteiger partial charge on any atom is 0.127 e. The molecule has 3 heteroatoms. The molecule has 13 heavy (non-hydrogen) atoms. The molecule has 1 heterocycles. The Kier molecular flexibility index (Phi) is 2.92. The van der Waals surface area contributed by atoms with E-state index in [9.17, 15) is 4.57 Å². The van der Waals surface area contributed by atoms with Gasteiger partial charge in [-0.3, -0.25) is 4.98 Å². The second-order valence-electron chi connectivity index (χ2n) is 3.92. The smallest absolute Gasteiger partial charge is 0.127 e. The van der Waals surface area contributed by atoms with Gasteiger partial charge in [0.1, 0.15) is 12.6 Å². The summed E-state index contributed by atoms with van der Waals surface area (Å²) in [4.78, 5) is 4.21. The third kappa shape index (κ3) is 2.41. The van der Waals surface area contributed by atoms with Crippen molar-refractivity contribution in [1.29, 1.82) is 0 Å². The number of hydrogen-bond acceptors (Lipinski definition) is 2. The Bertz CT molecular complexity index is 341. The fraction of sp³-hybridized carbons (Fsp3) is 0.500. The van der Waals surface area contributed by atoms with Gasteiger partial charge in [0.15, 0.2) is 0 Å². The quantitative estimate of drug-likeness (QED) is 0.681. The summed E-state index contributed by atoms with van der Waals surface area (Å²) in [7, 11) is -2.22. The van der Waals surface area contributed by atoms with E-state index in [1.807, 2.05) is 12.1 Å². The van der Waals surface area contributed by atoms with Crippen molar-refractivity contribution in [3.8, 4) is 0 Å². The molecular formula is C10H16NOP. The number of aromatic nitrogens is 1. The summed E-state index contributed by atoms with van der Waals surface area (Å²) in [5.74, 6) is 0.386. The van der Waals surface area contributed by atoms with Gasteiger partial charge in [-0.2, -0.15) is 0 Å². The van der Waals surface area contributed by atoms with Crippen molar-refractivity contribution in [2.45, 2.75) is 19.8 Å². The lowest BCUT2D eigenvalue weighted by Crippen LogP contribution is -2.15. The van der Waals surface area contributed by atoms with Gasteiger partial charge < -0.3 is 4.57 Å². The minimum atomic E-state index is -2.22. The van der Waals surface area contributed by atoms with Crippen LogP contribution in [0.4, 0.5) is 0 Å². The average Bonchev–Trinajstić information content (AvgIpc) is 2.03. The minimum absolute atomic E-state index is 0.386. The number of hydrogen-bond donors (Lipinski definition) is 0. The molecule has 0 saturated heterocycles. The number of pyridine rings is 1. The monoisotopic (exact) mass is 197 g/mol. The van der Waals surface area contributed by atoms with Crippen LogP contribution < -0.4 is 5.44 Å². The van der Waals surface area contributed by atoms with E-state index in [0.29, 0.717) is 5.92 Å². The lowest BCUT2D eigenvalue weighted by Gasteiger charge is -2.14. The Labute approximate surface area is 79.8 Å². The highest BCUT2D eigenvalue weighted by Crippen LogP contribution is 2.36. The second-order valence-corrected chi connectivity index (χ2v) is 7.05. The van der Waals surface area contributed by atoms with Crippen molar-refractivity contribution in [3.05, 3.63) is 23.9 Å². The van der Waals surface area contributed by atoms with E-state index >= 15 is 0 Å². The molecule has 0 aliphatic rings. The molecule has 0 aliphatic carbocycles. The van der Waals surface area contributed by atoms with E-state index in [-0.39, 0.29) is 0 Å². The Morgan fingerprint density at radius 1 is 1.38 bits per heavy atom. The predicted molar refractivity (Wildman–Crippen MR) is 57.4 cm³/mol. The van der Waals surface area contributed by atoms with E-state index in [4.69, 9.17) is 0 Å². The van der Waals surface area contributed by atoms with Crippen molar-refractivity contribution in [3.63, 3.8) is 0 Å². The molecule has 2 nitrogen and oxygen atoms in total. The first-order valence-corrected chi connectivity index (χ1v) is 7.03. The summed E-state index contributed by atoms with van der Waals surface area (Å²) < 4.78 is 11.9. The highest BCUT2D eigenvalue weighted by Gasteiger charge is 2.18. The molecule has 0 bridgehead atoms. The maximum absolute atomic E-state index is 11.9. The van der Waals surface area contributed by atoms with Crippen molar-refractivity contribution >= 4 is 12.6 Å². The largest absolute Gasteiger partial charge is 0.318 e. The van der Waals surface area contributed by atoms with E-state index in [0.717, 1.165) is 11.0 Å². The van der Waals surface area contributed by atoms with E-state index < -0.39 is 7.14 Å². The molecule has 0 atom stereocenters. The van der Waals surface area contributed by atoms with Gasteiger partial charge in [-0.1, -0.05) is 19.9 Å². The maximum atomic E-state index is 11.9. The Hall–Kier alpha value is -0.620. The van der Waals surface area contributed by atoms with Gasteiger partial charge in [0.05, 0.1) is 0 Å². The fourth-order valence-corrected chi connectivity index (χ4v) is 2.61. The van der Waals surface area contributed by atoms with Gasteiger partial charge in [-0.15, -0.1) is 0 Å². The molecule has 72 valence electrons. The molecule has 0 fully saturated rings. The van der Waals surface area contributed by atoms with Crippen LogP contribution in [-0.4, -0.2) is 18.3 Å². The van der Waals surface area contributed by atoms with Crippen molar-refractivity contribution in [2.24, 2.45) is 0 Å². The molecule has 0 unspecified atom stereocenters. The highest BCUT2D eigenvalue weighted by molar-refractivity contribution is 7.70. The number of nitrogens with zero attached hydrogens (tertiary/aromatic N) is 1. The van der Waals surface area contributed by atoms with Crippen LogP contribution in [0.5, 0.6) is 0 Å². The first kappa shape index (κ1) is 10.5. The molecule has 0 N–H and O–H groups in total. The Morgan fingerprint density at radius 2 is 2.00 bits per heavy atom. The van der Waals surface area contributed by atoms with Crippen molar-refractivity contribution < 1.29 is 4.57 Å². The zero-order valence-electron chi connectivity index (χ0n) is 8.61. The molecule has 0 spiro atoms. The first-order chi connectivity index (χ1) is 5.93. The third-order valence-corrected chi connectivity index (χ3v) is 3.34. The van der Waals surface area contributed by atoms with E-state index in [2.05, 4.69) is 18.8 Å². The molecule has 0 aliphatic heterocycles. The van der Waals surface area contributed by atoms with E-state index in [1.54, 1.807) is 19.5 Å². The summed E-state index contributed by atoms with van der Waals surface area (Å²) >= 11 is 0. The molecule has 1 aromatic heterocycles. The molecule has 0 radical (unpaired) electrons. The molecule has 0 amide bonds. The fourth-order valence-electron chi connectivity index (χ4n) is 1.31. The topological polar surface area (TPSA) is 30.0 Å². The zero-order valence-corrected chi connectivity index (χ0v) is 9.51. The van der Waals surface area contributed by atoms with Gasteiger partial charge in [0, 0.05) is 6.20 Å². The Morgan fingerprint density at radius 3 is 2.38 bits per heavy atom.